The average Bonchev–Trinajstić information content (AvgIpc) is 3.28. The Kier molecular flexibility index (Phi) is 9.21. The van der Waals surface area contributed by atoms with Crippen molar-refractivity contribution < 1.29 is 55.8 Å². The van der Waals surface area contributed by atoms with E-state index in [1.807, 2.05) is 42.5 Å². The van der Waals surface area contributed by atoms with Gasteiger partial charge in [-0.05, 0) is 49.3 Å². The van der Waals surface area contributed by atoms with Crippen LogP contribution in [-0.4, -0.2) is 40.2 Å². The Balaban J connectivity index is 0.00000112. The van der Waals surface area contributed by atoms with Crippen molar-refractivity contribution in [1.82, 2.24) is 4.98 Å². The third-order valence-corrected chi connectivity index (χ3v) is 4.86. The molecule has 1 aromatic heterocycles. The number of aromatic nitrogens is 1. The molecule has 5 rings (SSSR count). The van der Waals surface area contributed by atoms with Crippen LogP contribution in [0.4, 0.5) is 0 Å². The zero-order valence-electron chi connectivity index (χ0n) is 16.2. The molecule has 2 aliphatic carbocycles. The molecule has 5 nitrogen and oxygen atoms in total. The summed E-state index contributed by atoms with van der Waals surface area (Å²) in [5, 5.41) is 0. The first-order valence-corrected chi connectivity index (χ1v) is 8.69. The minimum absolute atomic E-state index is 0. The Morgan fingerprint density at radius 2 is 1.13 bits per heavy atom. The van der Waals surface area contributed by atoms with Gasteiger partial charge in [-0.15, -0.1) is 0 Å². The van der Waals surface area contributed by atoms with Gasteiger partial charge >= 0.3 is 0 Å². The predicted octanol–water partition coefficient (Wildman–Crippen LogP) is -5.74. The minimum atomic E-state index is 0. The van der Waals surface area contributed by atoms with Crippen LogP contribution in [0.15, 0.2) is 85.8 Å². The summed E-state index contributed by atoms with van der Waals surface area (Å²) in [5.74, 6) is 1.34. The molecule has 0 aromatic carbocycles. The summed E-state index contributed by atoms with van der Waals surface area (Å²) in [7, 11) is 0. The molecular formula is C21H17Cl3N5V-3. The topological polar surface area (TPSA) is 62.3 Å². The second kappa shape index (κ2) is 10.5. The largest absolute Gasteiger partial charge is 1.00 e. The fourth-order valence-corrected chi connectivity index (χ4v) is 3.44. The van der Waals surface area contributed by atoms with E-state index in [0.717, 1.165) is 22.8 Å². The van der Waals surface area contributed by atoms with E-state index >= 15 is 0 Å². The van der Waals surface area contributed by atoms with Gasteiger partial charge in [0.2, 0.25) is 0 Å². The first kappa shape index (κ1) is 26.3. The quantitative estimate of drug-likeness (QED) is 0.403. The van der Waals surface area contributed by atoms with E-state index in [-0.39, 0.29) is 67.9 Å². The van der Waals surface area contributed by atoms with Gasteiger partial charge in [0.1, 0.15) is 23.5 Å². The van der Waals surface area contributed by atoms with Crippen LogP contribution in [0, 0.1) is 0 Å². The zero-order chi connectivity index (χ0) is 17.7. The predicted molar refractivity (Wildman–Crippen MR) is 106 cm³/mol. The molecule has 0 saturated carbocycles. The molecule has 2 aliphatic heterocycles. The van der Waals surface area contributed by atoms with Crippen LogP contribution >= 0.6 is 0 Å². The van der Waals surface area contributed by atoms with Crippen molar-refractivity contribution in [2.45, 2.75) is 25.9 Å². The van der Waals surface area contributed by atoms with Crippen LogP contribution in [0.3, 0.4) is 0 Å². The Bertz CT molecular complexity index is 999. The molecule has 9 heteroatoms. The van der Waals surface area contributed by atoms with Gasteiger partial charge in [0.05, 0.1) is 11.4 Å². The van der Waals surface area contributed by atoms with E-state index in [4.69, 9.17) is 15.0 Å². The molecule has 2 unspecified atom stereocenters. The van der Waals surface area contributed by atoms with Gasteiger partial charge in [-0.3, -0.25) is 9.98 Å². The number of allylic oxidation sites excluding steroid dienone is 4. The maximum atomic E-state index is 4.75. The van der Waals surface area contributed by atoms with Crippen LogP contribution in [0.25, 0.3) is 0 Å². The van der Waals surface area contributed by atoms with Crippen molar-refractivity contribution in [3.8, 4) is 0 Å². The molecule has 0 bridgehead atoms. The van der Waals surface area contributed by atoms with Gasteiger partial charge in [0.25, 0.3) is 0 Å². The Labute approximate surface area is 206 Å². The summed E-state index contributed by atoms with van der Waals surface area (Å²) >= 11 is 0. The summed E-state index contributed by atoms with van der Waals surface area (Å²) in [6.07, 6.45) is 12.2. The molecule has 2 atom stereocenters. The number of hydrogen-bond donors (Lipinski definition) is 0. The van der Waals surface area contributed by atoms with E-state index in [9.17, 15) is 0 Å². The second-order valence-corrected chi connectivity index (χ2v) is 6.73. The maximum Gasteiger partial charge on any atom is 0.174 e. The Morgan fingerprint density at radius 3 is 1.53 bits per heavy atom. The van der Waals surface area contributed by atoms with E-state index in [2.05, 4.69) is 36.0 Å². The van der Waals surface area contributed by atoms with Crippen LogP contribution in [0.2, 0.25) is 0 Å². The summed E-state index contributed by atoms with van der Waals surface area (Å²) in [5.41, 5.74) is 5.85. The smallest absolute Gasteiger partial charge is 0.174 e. The molecule has 0 amide bonds. The molecule has 0 N–H and O–H groups in total. The average molecular weight is 497 g/mol. The number of rotatable bonds is 2. The van der Waals surface area contributed by atoms with Crippen molar-refractivity contribution in [2.24, 2.45) is 20.0 Å². The standard InChI is InChI=1S/C21H17N5.3ClH.V/c1-12-6-3-8-14-18(12)25-20(23-14)16-10-5-11-17(22-16)21-24-15-9-4-7-13(2)19(15)26-21;;;;/h3-11,18-19H,1-2H3;3*1H;/p-3. The van der Waals surface area contributed by atoms with Crippen LogP contribution in [0.1, 0.15) is 25.2 Å². The molecule has 30 heavy (non-hydrogen) atoms. The van der Waals surface area contributed by atoms with Gasteiger partial charge in [0.15, 0.2) is 11.7 Å². The summed E-state index contributed by atoms with van der Waals surface area (Å²) in [6.45, 7) is 4.16. The van der Waals surface area contributed by atoms with E-state index in [1.165, 1.54) is 11.1 Å². The number of halogens is 3. The zero-order valence-corrected chi connectivity index (χ0v) is 19.8. The van der Waals surface area contributed by atoms with Crippen molar-refractivity contribution in [3.05, 3.63) is 77.2 Å². The van der Waals surface area contributed by atoms with Gasteiger partial charge in [0, 0.05) is 18.6 Å². The summed E-state index contributed by atoms with van der Waals surface area (Å²) in [4.78, 5) is 23.6. The Morgan fingerprint density at radius 1 is 0.700 bits per heavy atom. The number of amidine groups is 2. The fourth-order valence-electron chi connectivity index (χ4n) is 3.44. The molecular weight excluding hydrogens is 480 g/mol. The number of nitrogens with zero attached hydrogens (tertiary/aromatic N) is 5. The molecule has 0 spiro atoms. The third-order valence-electron chi connectivity index (χ3n) is 4.86. The molecule has 1 radical (unpaired) electrons. The van der Waals surface area contributed by atoms with Crippen molar-refractivity contribution in [1.29, 1.82) is 0 Å². The van der Waals surface area contributed by atoms with Crippen LogP contribution in [0.5, 0.6) is 0 Å². The molecule has 3 heterocycles. The monoisotopic (exact) mass is 495 g/mol. The number of fused-ring (bicyclic) bond motifs is 2. The fraction of sp³-hybridized carbons (Fsp3) is 0.190. The molecule has 0 saturated heterocycles. The van der Waals surface area contributed by atoms with E-state index < -0.39 is 0 Å². The summed E-state index contributed by atoms with van der Waals surface area (Å²) in [6, 6.07) is 5.88. The van der Waals surface area contributed by atoms with Crippen molar-refractivity contribution >= 4 is 23.1 Å². The summed E-state index contributed by atoms with van der Waals surface area (Å²) < 4.78 is 0. The number of hydrogen-bond acceptors (Lipinski definition) is 5. The minimum Gasteiger partial charge on any atom is -1.00 e. The first-order valence-electron chi connectivity index (χ1n) is 8.69. The van der Waals surface area contributed by atoms with Crippen LogP contribution in [-0.2, 0) is 18.6 Å². The number of aliphatic imine (C=N–C) groups is 4. The number of pyridine rings is 1. The van der Waals surface area contributed by atoms with E-state index in [1.54, 1.807) is 0 Å². The SMILES string of the molecule is CC1=CC=CC2=NC(c3cccc(C4=NC5C(C)=CC=CC5=N4)n3)=NC12.[Cl-].[Cl-].[Cl-].[V]. The second-order valence-electron chi connectivity index (χ2n) is 6.73. The van der Waals surface area contributed by atoms with Gasteiger partial charge in [-0.1, -0.05) is 30.4 Å². The molecule has 155 valence electrons. The maximum absolute atomic E-state index is 4.75. The van der Waals surface area contributed by atoms with Crippen LogP contribution < -0.4 is 37.2 Å². The van der Waals surface area contributed by atoms with Crippen molar-refractivity contribution in [3.63, 3.8) is 0 Å². The molecule has 1 aromatic rings. The van der Waals surface area contributed by atoms with Gasteiger partial charge < -0.3 is 37.2 Å². The van der Waals surface area contributed by atoms with Gasteiger partial charge in [-0.25, -0.2) is 15.0 Å². The van der Waals surface area contributed by atoms with Crippen molar-refractivity contribution in [2.75, 3.05) is 0 Å². The Hall–Kier alpha value is -1.76. The van der Waals surface area contributed by atoms with Gasteiger partial charge in [-0.2, -0.15) is 0 Å². The first-order chi connectivity index (χ1) is 12.7. The normalized spacial score (nSPS) is 22.2. The third kappa shape index (κ3) is 4.61. The molecule has 4 aliphatic rings. The van der Waals surface area contributed by atoms with E-state index in [0.29, 0.717) is 11.7 Å². The molecule has 0 fully saturated rings.